The van der Waals surface area contributed by atoms with E-state index in [4.69, 9.17) is 0 Å². The van der Waals surface area contributed by atoms with Gasteiger partial charge in [0.2, 0.25) is 0 Å². The average Bonchev–Trinajstić information content (AvgIpc) is 3.48. The molecule has 5 aromatic carbocycles. The van der Waals surface area contributed by atoms with Gasteiger partial charge in [-0.2, -0.15) is 0 Å². The third-order valence-electron chi connectivity index (χ3n) is 6.72. The lowest BCUT2D eigenvalue weighted by molar-refractivity contribution is 0.0969. The smallest absolute Gasteiger partial charge is 0.262 e. The summed E-state index contributed by atoms with van der Waals surface area (Å²) in [7, 11) is 0. The quantitative estimate of drug-likeness (QED) is 0.274. The number of benzene rings is 5. The van der Waals surface area contributed by atoms with Gasteiger partial charge in [-0.1, -0.05) is 78.9 Å². The molecule has 0 amide bonds. The lowest BCUT2D eigenvalue weighted by atomic mass is 10.1. The zero-order valence-electron chi connectivity index (χ0n) is 18.3. The normalized spacial score (nSPS) is 11.6. The van der Waals surface area contributed by atoms with Crippen molar-refractivity contribution in [3.8, 4) is 5.69 Å². The van der Waals surface area contributed by atoms with Crippen LogP contribution in [0.5, 0.6) is 0 Å². The Morgan fingerprint density at radius 3 is 2.18 bits per heavy atom. The Labute approximate surface area is 196 Å². The molecule has 0 aliphatic heterocycles. The second-order valence-electron chi connectivity index (χ2n) is 8.64. The molecule has 7 aromatic rings. The molecule has 0 radical (unpaired) electrons. The second-order valence-corrected chi connectivity index (χ2v) is 8.64. The molecule has 3 nitrogen and oxygen atoms in total. The molecule has 3 heteroatoms. The van der Waals surface area contributed by atoms with E-state index in [1.54, 1.807) is 0 Å². The van der Waals surface area contributed by atoms with Crippen LogP contribution in [-0.4, -0.2) is 15.0 Å². The summed E-state index contributed by atoms with van der Waals surface area (Å²) in [4.78, 5) is 14.1. The third-order valence-corrected chi connectivity index (χ3v) is 6.72. The van der Waals surface area contributed by atoms with Crippen LogP contribution in [-0.2, 0) is 0 Å². The Morgan fingerprint density at radius 2 is 1.29 bits per heavy atom. The summed E-state index contributed by atoms with van der Waals surface area (Å²) in [5.41, 5.74) is 4.64. The molecule has 0 saturated carbocycles. The Bertz CT molecular complexity index is 1870. The zero-order valence-corrected chi connectivity index (χ0v) is 18.3. The maximum Gasteiger partial charge on any atom is 0.262 e. The summed E-state index contributed by atoms with van der Waals surface area (Å²) < 4.78 is 4.08. The number of fused-ring (bicyclic) bond motifs is 6. The Morgan fingerprint density at radius 1 is 0.559 bits per heavy atom. The summed E-state index contributed by atoms with van der Waals surface area (Å²) >= 11 is 0. The van der Waals surface area contributed by atoms with E-state index < -0.39 is 0 Å². The molecule has 34 heavy (non-hydrogen) atoms. The summed E-state index contributed by atoms with van der Waals surface area (Å²) in [5, 5.41) is 5.45. The molecule has 7 rings (SSSR count). The first-order valence-corrected chi connectivity index (χ1v) is 11.4. The summed E-state index contributed by atoms with van der Waals surface area (Å²) in [6, 6.07) is 39.0. The molecule has 0 aliphatic rings. The standard InChI is InChI=1S/C31H20N2O/c34-31(24-15-14-21-8-4-5-9-23(21)20-24)33-28-13-7-6-12-26(28)27-17-16-22-18-19-32(29(22)30(27)33)25-10-2-1-3-11-25/h1-20H. The van der Waals surface area contributed by atoms with Crippen molar-refractivity contribution < 1.29 is 4.79 Å². The van der Waals surface area contributed by atoms with Gasteiger partial charge in [-0.3, -0.25) is 9.36 Å². The van der Waals surface area contributed by atoms with Crippen LogP contribution in [0.4, 0.5) is 0 Å². The van der Waals surface area contributed by atoms with Crippen molar-refractivity contribution in [3.63, 3.8) is 0 Å². The molecule has 0 saturated heterocycles. The van der Waals surface area contributed by atoms with Gasteiger partial charge in [-0.15, -0.1) is 0 Å². The van der Waals surface area contributed by atoms with E-state index in [0.717, 1.165) is 49.2 Å². The van der Waals surface area contributed by atoms with E-state index in [1.807, 2.05) is 71.3 Å². The molecule has 0 unspecified atom stereocenters. The van der Waals surface area contributed by atoms with Gasteiger partial charge in [0.15, 0.2) is 0 Å². The van der Waals surface area contributed by atoms with Crippen molar-refractivity contribution in [1.82, 2.24) is 9.13 Å². The van der Waals surface area contributed by atoms with Crippen molar-refractivity contribution >= 4 is 49.4 Å². The van der Waals surface area contributed by atoms with Gasteiger partial charge in [-0.05, 0) is 47.2 Å². The van der Waals surface area contributed by atoms with Crippen LogP contribution >= 0.6 is 0 Å². The van der Waals surface area contributed by atoms with Gasteiger partial charge in [0, 0.05) is 33.6 Å². The predicted octanol–water partition coefficient (Wildman–Crippen LogP) is 7.58. The molecule has 0 bridgehead atoms. The van der Waals surface area contributed by atoms with Gasteiger partial charge in [0.05, 0.1) is 16.6 Å². The number of aromatic nitrogens is 2. The molecule has 160 valence electrons. The molecule has 0 spiro atoms. The van der Waals surface area contributed by atoms with Crippen LogP contribution in [0.1, 0.15) is 10.4 Å². The number of para-hydroxylation sites is 2. The van der Waals surface area contributed by atoms with Crippen LogP contribution in [0, 0.1) is 0 Å². The minimum atomic E-state index is -0.0229. The van der Waals surface area contributed by atoms with Gasteiger partial charge >= 0.3 is 0 Å². The van der Waals surface area contributed by atoms with Crippen molar-refractivity contribution in [1.29, 1.82) is 0 Å². The summed E-state index contributed by atoms with van der Waals surface area (Å²) in [6.07, 6.45) is 2.09. The first-order valence-electron chi connectivity index (χ1n) is 11.4. The first-order chi connectivity index (χ1) is 16.8. The maximum absolute atomic E-state index is 14.1. The van der Waals surface area contributed by atoms with Crippen molar-refractivity contribution in [2.45, 2.75) is 0 Å². The average molecular weight is 437 g/mol. The number of hydrogen-bond acceptors (Lipinski definition) is 1. The predicted molar refractivity (Wildman–Crippen MR) is 140 cm³/mol. The molecular weight excluding hydrogens is 416 g/mol. The van der Waals surface area contributed by atoms with Crippen LogP contribution in [0.15, 0.2) is 121 Å². The maximum atomic E-state index is 14.1. The first kappa shape index (κ1) is 18.9. The van der Waals surface area contributed by atoms with Crippen molar-refractivity contribution in [2.75, 3.05) is 0 Å². The fourth-order valence-corrected chi connectivity index (χ4v) is 5.14. The van der Waals surface area contributed by atoms with E-state index in [0.29, 0.717) is 5.56 Å². The lowest BCUT2D eigenvalue weighted by Gasteiger charge is -2.11. The third kappa shape index (κ3) is 2.67. The highest BCUT2D eigenvalue weighted by Gasteiger charge is 2.21. The Kier molecular flexibility index (Phi) is 4.00. The second kappa shape index (κ2) is 7.19. The number of carbonyl (C=O) groups is 1. The molecule has 0 aliphatic carbocycles. The van der Waals surface area contributed by atoms with Gasteiger partial charge in [0.25, 0.3) is 5.91 Å². The monoisotopic (exact) mass is 436 g/mol. The van der Waals surface area contributed by atoms with Crippen molar-refractivity contribution in [3.05, 3.63) is 127 Å². The Hall–Kier alpha value is -4.63. The largest absolute Gasteiger partial charge is 0.315 e. The van der Waals surface area contributed by atoms with Crippen LogP contribution < -0.4 is 0 Å². The molecular formula is C31H20N2O. The molecule has 2 aromatic heterocycles. The highest BCUT2D eigenvalue weighted by molar-refractivity contribution is 6.23. The van der Waals surface area contributed by atoms with Gasteiger partial charge < -0.3 is 4.57 Å². The van der Waals surface area contributed by atoms with Crippen LogP contribution in [0.25, 0.3) is 49.2 Å². The SMILES string of the molecule is O=C(c1ccc2ccccc2c1)n1c2ccccc2c2ccc3ccn(-c4ccccc4)c3c21. The van der Waals surface area contributed by atoms with Gasteiger partial charge in [-0.25, -0.2) is 0 Å². The van der Waals surface area contributed by atoms with Crippen LogP contribution in [0.3, 0.4) is 0 Å². The van der Waals surface area contributed by atoms with E-state index in [9.17, 15) is 4.79 Å². The highest BCUT2D eigenvalue weighted by Crippen LogP contribution is 2.36. The van der Waals surface area contributed by atoms with Crippen LogP contribution in [0.2, 0.25) is 0 Å². The highest BCUT2D eigenvalue weighted by atomic mass is 16.2. The fourth-order valence-electron chi connectivity index (χ4n) is 5.14. The topological polar surface area (TPSA) is 26.9 Å². The van der Waals surface area contributed by atoms with E-state index in [2.05, 4.69) is 59.3 Å². The molecule has 0 N–H and O–H groups in total. The van der Waals surface area contributed by atoms with Crippen molar-refractivity contribution in [2.24, 2.45) is 0 Å². The van der Waals surface area contributed by atoms with E-state index in [1.165, 1.54) is 0 Å². The lowest BCUT2D eigenvalue weighted by Crippen LogP contribution is -2.12. The minimum absolute atomic E-state index is 0.0229. The summed E-state index contributed by atoms with van der Waals surface area (Å²) in [6.45, 7) is 0. The van der Waals surface area contributed by atoms with Gasteiger partial charge in [0.1, 0.15) is 0 Å². The summed E-state index contributed by atoms with van der Waals surface area (Å²) in [5.74, 6) is -0.0229. The number of nitrogens with zero attached hydrogens (tertiary/aromatic N) is 2. The number of hydrogen-bond donors (Lipinski definition) is 0. The zero-order chi connectivity index (χ0) is 22.6. The van der Waals surface area contributed by atoms with E-state index in [-0.39, 0.29) is 5.91 Å². The molecule has 0 atom stereocenters. The number of rotatable bonds is 2. The fraction of sp³-hybridized carbons (Fsp3) is 0. The number of carbonyl (C=O) groups excluding carboxylic acids is 1. The Balaban J connectivity index is 1.59. The van der Waals surface area contributed by atoms with E-state index >= 15 is 0 Å². The molecule has 2 heterocycles. The molecule has 0 fully saturated rings. The minimum Gasteiger partial charge on any atom is -0.315 e.